The minimum absolute atomic E-state index is 0.0715. The lowest BCUT2D eigenvalue weighted by Crippen LogP contribution is -1.88. The van der Waals surface area contributed by atoms with Gasteiger partial charge in [0, 0.05) is 11.1 Å². The summed E-state index contributed by atoms with van der Waals surface area (Å²) in [6, 6.07) is 9.76. The highest BCUT2D eigenvalue weighted by molar-refractivity contribution is 5.82. The molecule has 0 spiro atoms. The lowest BCUT2D eigenvalue weighted by Gasteiger charge is -2.02. The molecular formula is C11H11NO. The highest BCUT2D eigenvalue weighted by atomic mass is 16.3. The minimum Gasteiger partial charge on any atom is -0.392 e. The van der Waals surface area contributed by atoms with Crippen molar-refractivity contribution in [3.8, 4) is 0 Å². The molecule has 0 aliphatic heterocycles. The van der Waals surface area contributed by atoms with E-state index in [9.17, 15) is 0 Å². The SMILES string of the molecule is Cc1ccc2c(CO)cccc2n1. The van der Waals surface area contributed by atoms with Crippen molar-refractivity contribution >= 4 is 10.9 Å². The molecule has 2 heteroatoms. The second-order valence-electron chi connectivity index (χ2n) is 3.09. The quantitative estimate of drug-likeness (QED) is 0.715. The molecule has 2 nitrogen and oxygen atoms in total. The Balaban J connectivity index is 2.77. The maximum Gasteiger partial charge on any atom is 0.0708 e. The third-order valence-electron chi connectivity index (χ3n) is 2.13. The summed E-state index contributed by atoms with van der Waals surface area (Å²) in [5.74, 6) is 0. The first-order valence-electron chi connectivity index (χ1n) is 4.27. The standard InChI is InChI=1S/C11H11NO/c1-8-5-6-10-9(7-13)3-2-4-11(10)12-8/h2-6,13H,7H2,1H3. The van der Waals surface area contributed by atoms with Crippen LogP contribution in [0.1, 0.15) is 11.3 Å². The van der Waals surface area contributed by atoms with Crippen molar-refractivity contribution in [2.24, 2.45) is 0 Å². The van der Waals surface area contributed by atoms with Gasteiger partial charge in [-0.2, -0.15) is 0 Å². The first-order valence-corrected chi connectivity index (χ1v) is 4.27. The lowest BCUT2D eigenvalue weighted by atomic mass is 10.1. The van der Waals surface area contributed by atoms with Crippen LogP contribution in [0.3, 0.4) is 0 Å². The fraction of sp³-hybridized carbons (Fsp3) is 0.182. The predicted molar refractivity (Wildman–Crippen MR) is 52.4 cm³/mol. The van der Waals surface area contributed by atoms with Crippen LogP contribution in [0, 0.1) is 6.92 Å². The van der Waals surface area contributed by atoms with E-state index in [1.807, 2.05) is 37.3 Å². The first kappa shape index (κ1) is 8.20. The van der Waals surface area contributed by atoms with E-state index in [-0.39, 0.29) is 6.61 Å². The highest BCUT2D eigenvalue weighted by Gasteiger charge is 1.99. The first-order chi connectivity index (χ1) is 6.31. The Labute approximate surface area is 76.9 Å². The number of aryl methyl sites for hydroxylation is 1. The Morgan fingerprint density at radius 2 is 2.08 bits per heavy atom. The smallest absolute Gasteiger partial charge is 0.0708 e. The lowest BCUT2D eigenvalue weighted by molar-refractivity contribution is 0.283. The van der Waals surface area contributed by atoms with E-state index in [2.05, 4.69) is 4.98 Å². The third kappa shape index (κ3) is 1.40. The number of aliphatic hydroxyl groups is 1. The molecule has 1 aromatic carbocycles. The van der Waals surface area contributed by atoms with E-state index in [0.717, 1.165) is 22.2 Å². The van der Waals surface area contributed by atoms with Crippen molar-refractivity contribution in [2.45, 2.75) is 13.5 Å². The Morgan fingerprint density at radius 3 is 2.85 bits per heavy atom. The Hall–Kier alpha value is -1.41. The summed E-state index contributed by atoms with van der Waals surface area (Å²) < 4.78 is 0. The highest BCUT2D eigenvalue weighted by Crippen LogP contribution is 2.17. The van der Waals surface area contributed by atoms with E-state index in [1.165, 1.54) is 0 Å². The maximum atomic E-state index is 9.08. The largest absolute Gasteiger partial charge is 0.392 e. The topological polar surface area (TPSA) is 33.1 Å². The van der Waals surface area contributed by atoms with Crippen LogP contribution >= 0.6 is 0 Å². The van der Waals surface area contributed by atoms with E-state index < -0.39 is 0 Å². The zero-order valence-electron chi connectivity index (χ0n) is 7.49. The van der Waals surface area contributed by atoms with Crippen molar-refractivity contribution in [1.29, 1.82) is 0 Å². The molecule has 0 aliphatic carbocycles. The number of hydrogen-bond acceptors (Lipinski definition) is 2. The zero-order valence-corrected chi connectivity index (χ0v) is 7.49. The fourth-order valence-electron chi connectivity index (χ4n) is 1.46. The number of rotatable bonds is 1. The molecule has 0 aliphatic rings. The van der Waals surface area contributed by atoms with Crippen LogP contribution in [0.25, 0.3) is 10.9 Å². The molecule has 0 atom stereocenters. The second kappa shape index (κ2) is 3.15. The molecule has 0 bridgehead atoms. The van der Waals surface area contributed by atoms with E-state index in [4.69, 9.17) is 5.11 Å². The van der Waals surface area contributed by atoms with Crippen molar-refractivity contribution in [1.82, 2.24) is 4.98 Å². The van der Waals surface area contributed by atoms with Crippen molar-refractivity contribution in [3.05, 3.63) is 41.6 Å². The summed E-state index contributed by atoms with van der Waals surface area (Å²) in [7, 11) is 0. The summed E-state index contributed by atoms with van der Waals surface area (Å²) in [5.41, 5.74) is 2.89. The van der Waals surface area contributed by atoms with Crippen LogP contribution in [0.15, 0.2) is 30.3 Å². The molecule has 0 saturated carbocycles. The molecule has 1 aromatic heterocycles. The average molecular weight is 173 g/mol. The number of aliphatic hydroxyl groups excluding tert-OH is 1. The number of benzene rings is 1. The van der Waals surface area contributed by atoms with Gasteiger partial charge in [0.25, 0.3) is 0 Å². The molecule has 2 aromatic rings. The number of hydrogen-bond donors (Lipinski definition) is 1. The van der Waals surface area contributed by atoms with Gasteiger partial charge in [-0.05, 0) is 24.6 Å². The normalized spacial score (nSPS) is 10.6. The molecular weight excluding hydrogens is 162 g/mol. The van der Waals surface area contributed by atoms with Crippen molar-refractivity contribution in [2.75, 3.05) is 0 Å². The zero-order chi connectivity index (χ0) is 9.26. The van der Waals surface area contributed by atoms with Gasteiger partial charge in [0.15, 0.2) is 0 Å². The van der Waals surface area contributed by atoms with Gasteiger partial charge in [-0.3, -0.25) is 4.98 Å². The van der Waals surface area contributed by atoms with Crippen LogP contribution in [0.2, 0.25) is 0 Å². The number of nitrogens with zero attached hydrogens (tertiary/aromatic N) is 1. The molecule has 0 unspecified atom stereocenters. The maximum absolute atomic E-state index is 9.08. The summed E-state index contributed by atoms with van der Waals surface area (Å²) in [6.45, 7) is 2.03. The van der Waals surface area contributed by atoms with Gasteiger partial charge >= 0.3 is 0 Å². The van der Waals surface area contributed by atoms with E-state index in [0.29, 0.717) is 0 Å². The average Bonchev–Trinajstić information content (AvgIpc) is 2.16. The van der Waals surface area contributed by atoms with Crippen LogP contribution in [0.5, 0.6) is 0 Å². The molecule has 66 valence electrons. The van der Waals surface area contributed by atoms with E-state index in [1.54, 1.807) is 0 Å². The molecule has 0 fully saturated rings. The summed E-state index contributed by atoms with van der Waals surface area (Å²) in [6.07, 6.45) is 0. The predicted octanol–water partition coefficient (Wildman–Crippen LogP) is 2.04. The molecule has 0 amide bonds. The molecule has 1 N–H and O–H groups in total. The van der Waals surface area contributed by atoms with Crippen LogP contribution in [-0.2, 0) is 6.61 Å². The van der Waals surface area contributed by atoms with Crippen LogP contribution in [-0.4, -0.2) is 10.1 Å². The van der Waals surface area contributed by atoms with Gasteiger partial charge in [0.2, 0.25) is 0 Å². The Kier molecular flexibility index (Phi) is 1.99. The number of fused-ring (bicyclic) bond motifs is 1. The molecule has 1 heterocycles. The summed E-state index contributed by atoms with van der Waals surface area (Å²) >= 11 is 0. The molecule has 0 radical (unpaired) electrons. The van der Waals surface area contributed by atoms with Crippen molar-refractivity contribution in [3.63, 3.8) is 0 Å². The van der Waals surface area contributed by atoms with Crippen LogP contribution in [0.4, 0.5) is 0 Å². The Bertz CT molecular complexity index is 437. The molecule has 0 saturated heterocycles. The van der Waals surface area contributed by atoms with Gasteiger partial charge < -0.3 is 5.11 Å². The minimum atomic E-state index is 0.0715. The Morgan fingerprint density at radius 1 is 1.23 bits per heavy atom. The number of aromatic nitrogens is 1. The van der Waals surface area contributed by atoms with Gasteiger partial charge in [-0.1, -0.05) is 18.2 Å². The monoisotopic (exact) mass is 173 g/mol. The van der Waals surface area contributed by atoms with E-state index >= 15 is 0 Å². The molecule has 2 rings (SSSR count). The van der Waals surface area contributed by atoms with Gasteiger partial charge in [0.05, 0.1) is 12.1 Å². The fourth-order valence-corrected chi connectivity index (χ4v) is 1.46. The van der Waals surface area contributed by atoms with Crippen LogP contribution < -0.4 is 0 Å². The summed E-state index contributed by atoms with van der Waals surface area (Å²) in [5, 5.41) is 10.1. The third-order valence-corrected chi connectivity index (χ3v) is 2.13. The molecule has 13 heavy (non-hydrogen) atoms. The second-order valence-corrected chi connectivity index (χ2v) is 3.09. The van der Waals surface area contributed by atoms with Gasteiger partial charge in [0.1, 0.15) is 0 Å². The van der Waals surface area contributed by atoms with Crippen molar-refractivity contribution < 1.29 is 5.11 Å². The van der Waals surface area contributed by atoms with Gasteiger partial charge in [-0.15, -0.1) is 0 Å². The van der Waals surface area contributed by atoms with Gasteiger partial charge in [-0.25, -0.2) is 0 Å². The summed E-state index contributed by atoms with van der Waals surface area (Å²) in [4.78, 5) is 4.37. The number of pyridine rings is 1.